The maximum absolute atomic E-state index is 11.8. The van der Waals surface area contributed by atoms with Crippen LogP contribution in [0.25, 0.3) is 0 Å². The van der Waals surface area contributed by atoms with Gasteiger partial charge in [-0.15, -0.1) is 0 Å². The molecule has 0 spiro atoms. The van der Waals surface area contributed by atoms with Gasteiger partial charge in [-0.2, -0.15) is 0 Å². The molecule has 0 bridgehead atoms. The zero-order chi connectivity index (χ0) is 16.5. The highest BCUT2D eigenvalue weighted by molar-refractivity contribution is 5.71. The highest BCUT2D eigenvalue weighted by Gasteiger charge is 2.25. The number of aliphatic carboxylic acids is 1. The predicted octanol–water partition coefficient (Wildman–Crippen LogP) is 1.41. The largest absolute Gasteiger partial charge is 0.481 e. The number of carbonyl (C=O) groups excluding carboxylic acids is 1. The Balaban J connectivity index is 4.29. The van der Waals surface area contributed by atoms with Crippen molar-refractivity contribution >= 4 is 11.9 Å². The molecule has 2 N–H and O–H groups in total. The van der Waals surface area contributed by atoms with Gasteiger partial charge in [0.25, 0.3) is 0 Å². The Bertz CT molecular complexity index is 325. The van der Waals surface area contributed by atoms with Gasteiger partial charge in [0.2, 0.25) is 0 Å². The first-order valence-corrected chi connectivity index (χ1v) is 7.53. The number of carboxylic acid groups (broad SMARTS) is 1. The third kappa shape index (κ3) is 12.3. The molecule has 0 aliphatic heterocycles. The van der Waals surface area contributed by atoms with E-state index in [0.717, 1.165) is 19.3 Å². The van der Waals surface area contributed by atoms with E-state index in [4.69, 9.17) is 9.84 Å². The summed E-state index contributed by atoms with van der Waals surface area (Å²) in [7, 11) is 5.72. The van der Waals surface area contributed by atoms with Crippen molar-refractivity contribution in [2.75, 3.05) is 27.7 Å². The van der Waals surface area contributed by atoms with Crippen LogP contribution in [0.4, 0.5) is 0 Å². The van der Waals surface area contributed by atoms with E-state index < -0.39 is 24.1 Å². The molecule has 1 unspecified atom stereocenters. The second kappa shape index (κ2) is 9.73. The Labute approximate surface area is 127 Å². The Kier molecular flexibility index (Phi) is 9.21. The summed E-state index contributed by atoms with van der Waals surface area (Å²) in [5.74, 6) is -1.52. The van der Waals surface area contributed by atoms with Gasteiger partial charge >= 0.3 is 11.9 Å². The Hall–Kier alpha value is -1.14. The Morgan fingerprint density at radius 1 is 1.14 bits per heavy atom. The van der Waals surface area contributed by atoms with E-state index in [1.807, 2.05) is 21.1 Å². The standard InChI is InChI=1S/C15H29NO5/c1-5-6-7-8-12(17)9-15(20)21-13(10-14(18)19)11-16(2,3)4/h12-13,17H,5-11H2,1-4H3/p+1/t12?,13-/m1/s1. The van der Waals surface area contributed by atoms with Gasteiger partial charge in [0, 0.05) is 0 Å². The molecule has 21 heavy (non-hydrogen) atoms. The van der Waals surface area contributed by atoms with Gasteiger partial charge in [-0.1, -0.05) is 26.2 Å². The summed E-state index contributed by atoms with van der Waals surface area (Å²) in [6.07, 6.45) is 1.86. The number of quaternary nitrogens is 1. The van der Waals surface area contributed by atoms with Gasteiger partial charge in [-0.3, -0.25) is 9.59 Å². The molecule has 0 radical (unpaired) electrons. The summed E-state index contributed by atoms with van der Waals surface area (Å²) in [4.78, 5) is 22.6. The van der Waals surface area contributed by atoms with Gasteiger partial charge in [0.1, 0.15) is 6.54 Å². The van der Waals surface area contributed by atoms with Crippen molar-refractivity contribution in [1.29, 1.82) is 0 Å². The van der Waals surface area contributed by atoms with Gasteiger partial charge in [-0.25, -0.2) is 0 Å². The van der Waals surface area contributed by atoms with Gasteiger partial charge in [0.05, 0.1) is 40.1 Å². The van der Waals surface area contributed by atoms with E-state index in [1.165, 1.54) is 0 Å². The summed E-state index contributed by atoms with van der Waals surface area (Å²) in [6, 6.07) is 0. The molecule has 0 saturated heterocycles. The molecule has 124 valence electrons. The van der Waals surface area contributed by atoms with E-state index in [1.54, 1.807) is 0 Å². The average molecular weight is 304 g/mol. The number of aliphatic hydroxyl groups excluding tert-OH is 1. The van der Waals surface area contributed by atoms with Crippen LogP contribution in [0, 0.1) is 0 Å². The van der Waals surface area contributed by atoms with Crippen molar-refractivity contribution in [3.8, 4) is 0 Å². The summed E-state index contributed by atoms with van der Waals surface area (Å²) in [5.41, 5.74) is 0. The number of hydrogen-bond acceptors (Lipinski definition) is 4. The minimum absolute atomic E-state index is 0.0724. The molecular formula is C15H30NO5+. The molecule has 6 heteroatoms. The van der Waals surface area contributed by atoms with Crippen molar-refractivity contribution in [2.24, 2.45) is 0 Å². The van der Waals surface area contributed by atoms with Crippen molar-refractivity contribution in [1.82, 2.24) is 0 Å². The second-order valence-corrected chi connectivity index (χ2v) is 6.54. The highest BCUT2D eigenvalue weighted by Crippen LogP contribution is 2.10. The van der Waals surface area contributed by atoms with Crippen molar-refractivity contribution in [3.63, 3.8) is 0 Å². The third-order valence-electron chi connectivity index (χ3n) is 2.99. The zero-order valence-electron chi connectivity index (χ0n) is 13.7. The smallest absolute Gasteiger partial charge is 0.308 e. The summed E-state index contributed by atoms with van der Waals surface area (Å²) < 4.78 is 5.72. The van der Waals surface area contributed by atoms with E-state index in [9.17, 15) is 14.7 Å². The molecule has 0 saturated carbocycles. The van der Waals surface area contributed by atoms with Crippen LogP contribution in [0.3, 0.4) is 0 Å². The fraction of sp³-hybridized carbons (Fsp3) is 0.867. The Morgan fingerprint density at radius 3 is 2.24 bits per heavy atom. The van der Waals surface area contributed by atoms with Crippen LogP contribution in [-0.4, -0.2) is 66.5 Å². The number of carbonyl (C=O) groups is 2. The summed E-state index contributed by atoms with van der Waals surface area (Å²) >= 11 is 0. The van der Waals surface area contributed by atoms with E-state index in [2.05, 4.69) is 6.92 Å². The molecule has 0 aromatic carbocycles. The molecule has 0 aliphatic carbocycles. The number of esters is 1. The fourth-order valence-corrected chi connectivity index (χ4v) is 2.11. The SMILES string of the molecule is CCCCCC(O)CC(=O)O[C@H](CC(=O)O)C[N+](C)(C)C. The monoisotopic (exact) mass is 304 g/mol. The minimum atomic E-state index is -0.996. The lowest BCUT2D eigenvalue weighted by Crippen LogP contribution is -2.44. The lowest BCUT2D eigenvalue weighted by Gasteiger charge is -2.28. The summed E-state index contributed by atoms with van der Waals surface area (Å²) in [6.45, 7) is 2.49. The normalized spacial score (nSPS) is 14.5. The maximum atomic E-state index is 11.8. The molecule has 0 rings (SSSR count). The molecule has 0 amide bonds. The van der Waals surface area contributed by atoms with Crippen molar-refractivity contribution in [2.45, 2.75) is 57.7 Å². The van der Waals surface area contributed by atoms with Gasteiger partial charge in [-0.05, 0) is 6.42 Å². The molecule has 0 aromatic heterocycles. The van der Waals surface area contributed by atoms with Gasteiger partial charge < -0.3 is 19.4 Å². The van der Waals surface area contributed by atoms with Crippen LogP contribution in [0.1, 0.15) is 45.4 Å². The number of unbranched alkanes of at least 4 members (excludes halogenated alkanes) is 2. The first kappa shape index (κ1) is 19.9. The van der Waals surface area contributed by atoms with Crippen molar-refractivity contribution < 1.29 is 29.0 Å². The molecule has 0 aromatic rings. The minimum Gasteiger partial charge on any atom is -0.481 e. The number of ether oxygens (including phenoxy) is 1. The van der Waals surface area contributed by atoms with Gasteiger partial charge in [0.15, 0.2) is 6.10 Å². The lowest BCUT2D eigenvalue weighted by molar-refractivity contribution is -0.873. The van der Waals surface area contributed by atoms with Crippen molar-refractivity contribution in [3.05, 3.63) is 0 Å². The molecular weight excluding hydrogens is 274 g/mol. The quantitative estimate of drug-likeness (QED) is 0.342. The maximum Gasteiger partial charge on any atom is 0.308 e. The number of rotatable bonds is 11. The molecule has 0 heterocycles. The van der Waals surface area contributed by atoms with Crippen LogP contribution in [-0.2, 0) is 14.3 Å². The van der Waals surface area contributed by atoms with Crippen LogP contribution in [0.5, 0.6) is 0 Å². The predicted molar refractivity (Wildman–Crippen MR) is 79.8 cm³/mol. The van der Waals surface area contributed by atoms with E-state index in [-0.39, 0.29) is 12.8 Å². The number of aliphatic hydroxyl groups is 1. The van der Waals surface area contributed by atoms with Crippen LogP contribution >= 0.6 is 0 Å². The molecule has 0 aliphatic rings. The lowest BCUT2D eigenvalue weighted by atomic mass is 10.1. The average Bonchev–Trinajstić information content (AvgIpc) is 2.25. The van der Waals surface area contributed by atoms with Crippen LogP contribution < -0.4 is 0 Å². The molecule has 2 atom stereocenters. The number of carboxylic acids is 1. The highest BCUT2D eigenvalue weighted by atomic mass is 16.5. The first-order chi connectivity index (χ1) is 9.64. The van der Waals surface area contributed by atoms with Crippen LogP contribution in [0.2, 0.25) is 0 Å². The fourth-order valence-electron chi connectivity index (χ4n) is 2.11. The van der Waals surface area contributed by atoms with E-state index in [0.29, 0.717) is 17.4 Å². The zero-order valence-corrected chi connectivity index (χ0v) is 13.7. The first-order valence-electron chi connectivity index (χ1n) is 7.53. The molecule has 0 fully saturated rings. The number of likely N-dealkylation sites (N-methyl/N-ethyl adjacent to an activating group) is 1. The second-order valence-electron chi connectivity index (χ2n) is 6.54. The number of hydrogen-bond donors (Lipinski definition) is 2. The number of nitrogens with zero attached hydrogens (tertiary/aromatic N) is 1. The van der Waals surface area contributed by atoms with E-state index >= 15 is 0 Å². The Morgan fingerprint density at radius 2 is 1.76 bits per heavy atom. The topological polar surface area (TPSA) is 83.8 Å². The molecule has 6 nitrogen and oxygen atoms in total. The summed E-state index contributed by atoms with van der Waals surface area (Å²) in [5, 5.41) is 18.6. The third-order valence-corrected chi connectivity index (χ3v) is 2.99. The van der Waals surface area contributed by atoms with Crippen LogP contribution in [0.15, 0.2) is 0 Å².